The average molecular weight is 287 g/mol. The molecule has 0 atom stereocenters. The van der Waals surface area contributed by atoms with E-state index in [1.165, 1.54) is 11.6 Å². The predicted molar refractivity (Wildman–Crippen MR) is 85.0 cm³/mol. The highest BCUT2D eigenvalue weighted by Crippen LogP contribution is 2.25. The van der Waals surface area contributed by atoms with Crippen LogP contribution in [0.25, 0.3) is 0 Å². The minimum atomic E-state index is -0.426. The third kappa shape index (κ3) is 3.75. The van der Waals surface area contributed by atoms with E-state index in [9.17, 15) is 4.39 Å². The SMILES string of the molecule is Cc1cc(OCc2ccc(C(C)(C)C)cc2)c(F)cc1N. The molecule has 0 aliphatic carbocycles. The quantitative estimate of drug-likeness (QED) is 0.838. The van der Waals surface area contributed by atoms with Crippen LogP contribution in [0.3, 0.4) is 0 Å². The van der Waals surface area contributed by atoms with Gasteiger partial charge in [-0.1, -0.05) is 45.0 Å². The van der Waals surface area contributed by atoms with Crippen molar-refractivity contribution < 1.29 is 9.13 Å². The number of benzene rings is 2. The van der Waals surface area contributed by atoms with Crippen molar-refractivity contribution in [2.24, 2.45) is 0 Å². The molecule has 21 heavy (non-hydrogen) atoms. The number of ether oxygens (including phenoxy) is 1. The molecule has 2 rings (SSSR count). The van der Waals surface area contributed by atoms with Crippen LogP contribution in [0.4, 0.5) is 10.1 Å². The lowest BCUT2D eigenvalue weighted by atomic mass is 9.87. The summed E-state index contributed by atoms with van der Waals surface area (Å²) < 4.78 is 19.3. The first-order valence-corrected chi connectivity index (χ1v) is 7.05. The zero-order chi connectivity index (χ0) is 15.6. The van der Waals surface area contributed by atoms with Gasteiger partial charge in [-0.15, -0.1) is 0 Å². The van der Waals surface area contributed by atoms with Crippen LogP contribution < -0.4 is 10.5 Å². The largest absolute Gasteiger partial charge is 0.486 e. The molecule has 2 aromatic carbocycles. The summed E-state index contributed by atoms with van der Waals surface area (Å²) in [6.07, 6.45) is 0. The van der Waals surface area contributed by atoms with Crippen LogP contribution in [0.15, 0.2) is 36.4 Å². The van der Waals surface area contributed by atoms with Crippen molar-refractivity contribution >= 4 is 5.69 Å². The Morgan fingerprint density at radius 3 is 2.29 bits per heavy atom. The van der Waals surface area contributed by atoms with Gasteiger partial charge in [0.1, 0.15) is 6.61 Å². The number of hydrogen-bond acceptors (Lipinski definition) is 2. The van der Waals surface area contributed by atoms with Crippen molar-refractivity contribution in [3.63, 3.8) is 0 Å². The Kier molecular flexibility index (Phi) is 4.21. The van der Waals surface area contributed by atoms with Gasteiger partial charge in [-0.2, -0.15) is 0 Å². The van der Waals surface area contributed by atoms with Crippen molar-refractivity contribution in [2.75, 3.05) is 5.73 Å². The topological polar surface area (TPSA) is 35.2 Å². The molecule has 0 heterocycles. The van der Waals surface area contributed by atoms with E-state index >= 15 is 0 Å². The number of nitrogens with two attached hydrogens (primary N) is 1. The number of halogens is 1. The van der Waals surface area contributed by atoms with Gasteiger partial charge < -0.3 is 10.5 Å². The highest BCUT2D eigenvalue weighted by Gasteiger charge is 2.13. The first kappa shape index (κ1) is 15.4. The smallest absolute Gasteiger partial charge is 0.167 e. The Hall–Kier alpha value is -2.03. The second kappa shape index (κ2) is 5.76. The lowest BCUT2D eigenvalue weighted by Crippen LogP contribution is -2.10. The molecule has 0 spiro atoms. The van der Waals surface area contributed by atoms with Crippen LogP contribution in [0.5, 0.6) is 5.75 Å². The number of aryl methyl sites for hydroxylation is 1. The lowest BCUT2D eigenvalue weighted by Gasteiger charge is -2.19. The number of hydrogen-bond donors (Lipinski definition) is 1. The standard InChI is InChI=1S/C18H22FNO/c1-12-9-17(15(19)10-16(12)20)21-11-13-5-7-14(8-6-13)18(2,3)4/h5-10H,11,20H2,1-4H3. The fourth-order valence-electron chi connectivity index (χ4n) is 2.04. The van der Waals surface area contributed by atoms with Gasteiger partial charge in [0.15, 0.2) is 11.6 Å². The van der Waals surface area contributed by atoms with E-state index in [4.69, 9.17) is 10.5 Å². The summed E-state index contributed by atoms with van der Waals surface area (Å²) in [4.78, 5) is 0. The number of nitrogen functional groups attached to an aromatic ring is 1. The van der Waals surface area contributed by atoms with E-state index in [-0.39, 0.29) is 11.2 Å². The van der Waals surface area contributed by atoms with E-state index in [1.807, 2.05) is 19.1 Å². The van der Waals surface area contributed by atoms with Crippen LogP contribution in [-0.4, -0.2) is 0 Å². The van der Waals surface area contributed by atoms with E-state index in [2.05, 4.69) is 32.9 Å². The zero-order valence-corrected chi connectivity index (χ0v) is 13.0. The van der Waals surface area contributed by atoms with Gasteiger partial charge in [-0.25, -0.2) is 4.39 Å². The molecule has 2 aromatic rings. The van der Waals surface area contributed by atoms with E-state index in [0.717, 1.165) is 11.1 Å². The molecular weight excluding hydrogens is 265 g/mol. The maximum Gasteiger partial charge on any atom is 0.167 e. The van der Waals surface area contributed by atoms with Gasteiger partial charge in [0.05, 0.1) is 0 Å². The Bertz CT molecular complexity index is 627. The minimum Gasteiger partial charge on any atom is -0.486 e. The van der Waals surface area contributed by atoms with Crippen LogP contribution in [-0.2, 0) is 12.0 Å². The second-order valence-electron chi connectivity index (χ2n) is 6.37. The van der Waals surface area contributed by atoms with E-state index in [1.54, 1.807) is 6.07 Å². The average Bonchev–Trinajstić information content (AvgIpc) is 2.41. The summed E-state index contributed by atoms with van der Waals surface area (Å²) in [5, 5.41) is 0. The number of anilines is 1. The van der Waals surface area contributed by atoms with Gasteiger partial charge >= 0.3 is 0 Å². The normalized spacial score (nSPS) is 11.5. The third-order valence-corrected chi connectivity index (χ3v) is 3.53. The molecule has 0 amide bonds. The summed E-state index contributed by atoms with van der Waals surface area (Å²) in [6.45, 7) is 8.69. The van der Waals surface area contributed by atoms with Crippen molar-refractivity contribution in [2.45, 2.75) is 39.7 Å². The Morgan fingerprint density at radius 2 is 1.71 bits per heavy atom. The molecular formula is C18H22FNO. The molecule has 0 bridgehead atoms. The van der Waals surface area contributed by atoms with Crippen molar-refractivity contribution in [3.8, 4) is 5.75 Å². The predicted octanol–water partition coefficient (Wildman–Crippen LogP) is 4.59. The molecule has 2 N–H and O–H groups in total. The second-order valence-corrected chi connectivity index (χ2v) is 6.37. The third-order valence-electron chi connectivity index (χ3n) is 3.53. The summed E-state index contributed by atoms with van der Waals surface area (Å²) in [5.41, 5.74) is 9.31. The maximum absolute atomic E-state index is 13.7. The molecule has 0 saturated heterocycles. The fraction of sp³-hybridized carbons (Fsp3) is 0.333. The molecule has 0 aliphatic heterocycles. The summed E-state index contributed by atoms with van der Waals surface area (Å²) >= 11 is 0. The Labute approximate surface area is 125 Å². The molecule has 3 heteroatoms. The Morgan fingerprint density at radius 1 is 1.10 bits per heavy atom. The summed E-state index contributed by atoms with van der Waals surface area (Å²) in [7, 11) is 0. The van der Waals surface area contributed by atoms with Crippen molar-refractivity contribution in [1.29, 1.82) is 0 Å². The summed E-state index contributed by atoms with van der Waals surface area (Å²) in [5.74, 6) is -0.189. The van der Waals surface area contributed by atoms with Crippen molar-refractivity contribution in [3.05, 3.63) is 58.9 Å². The molecule has 0 aliphatic rings. The first-order chi connectivity index (χ1) is 9.77. The van der Waals surface area contributed by atoms with E-state index in [0.29, 0.717) is 12.3 Å². The maximum atomic E-state index is 13.7. The molecule has 0 saturated carbocycles. The molecule has 0 aromatic heterocycles. The van der Waals surface area contributed by atoms with Gasteiger partial charge in [0.25, 0.3) is 0 Å². The fourth-order valence-corrected chi connectivity index (χ4v) is 2.04. The molecule has 2 nitrogen and oxygen atoms in total. The van der Waals surface area contributed by atoms with Gasteiger partial charge in [-0.05, 0) is 35.1 Å². The van der Waals surface area contributed by atoms with Crippen LogP contribution in [0.1, 0.15) is 37.5 Å². The molecule has 112 valence electrons. The molecule has 0 radical (unpaired) electrons. The van der Waals surface area contributed by atoms with Crippen LogP contribution in [0, 0.1) is 12.7 Å². The summed E-state index contributed by atoms with van der Waals surface area (Å²) in [6, 6.07) is 11.1. The van der Waals surface area contributed by atoms with Crippen LogP contribution >= 0.6 is 0 Å². The minimum absolute atomic E-state index is 0.125. The zero-order valence-electron chi connectivity index (χ0n) is 13.0. The first-order valence-electron chi connectivity index (χ1n) is 7.05. The monoisotopic (exact) mass is 287 g/mol. The lowest BCUT2D eigenvalue weighted by molar-refractivity contribution is 0.290. The van der Waals surface area contributed by atoms with Gasteiger partial charge in [-0.3, -0.25) is 0 Å². The van der Waals surface area contributed by atoms with Crippen LogP contribution in [0.2, 0.25) is 0 Å². The Balaban J connectivity index is 2.08. The number of rotatable bonds is 3. The van der Waals surface area contributed by atoms with Gasteiger partial charge in [0, 0.05) is 11.8 Å². The molecule has 0 unspecified atom stereocenters. The van der Waals surface area contributed by atoms with E-state index < -0.39 is 5.82 Å². The highest BCUT2D eigenvalue weighted by molar-refractivity contribution is 5.50. The highest BCUT2D eigenvalue weighted by atomic mass is 19.1. The van der Waals surface area contributed by atoms with Gasteiger partial charge in [0.2, 0.25) is 0 Å². The van der Waals surface area contributed by atoms with Crippen molar-refractivity contribution in [1.82, 2.24) is 0 Å². The molecule has 0 fully saturated rings.